The number of nitriles is 2. The molecule has 0 saturated carbocycles. The average molecular weight is 270 g/mol. The van der Waals surface area contributed by atoms with Crippen molar-refractivity contribution in [3.63, 3.8) is 0 Å². The summed E-state index contributed by atoms with van der Waals surface area (Å²) in [6.45, 7) is 0. The summed E-state index contributed by atoms with van der Waals surface area (Å²) in [6, 6.07) is 3.50. The van der Waals surface area contributed by atoms with Crippen molar-refractivity contribution in [1.29, 1.82) is 10.5 Å². The molecule has 1 rings (SSSR count). The Hall–Kier alpha value is -0.640. The van der Waals surface area contributed by atoms with E-state index in [1.54, 1.807) is 12.1 Å². The molecule has 0 bridgehead atoms. The zero-order valence-electron chi connectivity index (χ0n) is 6.41. The lowest BCUT2D eigenvalue weighted by Gasteiger charge is -2.05. The van der Waals surface area contributed by atoms with E-state index in [1.807, 2.05) is 0 Å². The van der Waals surface area contributed by atoms with Crippen LogP contribution in [0.3, 0.4) is 0 Å². The number of benzene rings is 1. The number of hydrogen-bond donors (Lipinski definition) is 0. The van der Waals surface area contributed by atoms with Crippen molar-refractivity contribution < 1.29 is 0 Å². The molecule has 0 heterocycles. The van der Waals surface area contributed by atoms with E-state index in [0.717, 1.165) is 0 Å². The normalized spacial score (nSPS) is 9.29. The predicted molar refractivity (Wildman–Crippen MR) is 55.9 cm³/mol. The van der Waals surface area contributed by atoms with Gasteiger partial charge in [0, 0.05) is 0 Å². The van der Waals surface area contributed by atoms with Gasteiger partial charge in [-0.05, 0) is 0 Å². The smallest absolute Gasteiger partial charge is 0.102 e. The van der Waals surface area contributed by atoms with E-state index < -0.39 is 0 Å². The van der Waals surface area contributed by atoms with Crippen molar-refractivity contribution in [3.8, 4) is 12.1 Å². The topological polar surface area (TPSA) is 47.6 Å². The molecule has 6 heteroatoms. The highest BCUT2D eigenvalue weighted by molar-refractivity contribution is 6.50. The Labute approximate surface area is 100 Å². The standard InChI is InChI=1S/C8Cl4N2/c9-5-3(1-13)6(10)8(12)7(11)4(5)2-14/i1+1,2+1,13+1,14+1. The van der Waals surface area contributed by atoms with Crippen molar-refractivity contribution in [2.45, 2.75) is 0 Å². The van der Waals surface area contributed by atoms with Gasteiger partial charge in [-0.25, -0.2) is 0 Å². The van der Waals surface area contributed by atoms with Gasteiger partial charge in [-0.2, -0.15) is 10.5 Å². The van der Waals surface area contributed by atoms with Gasteiger partial charge in [0.15, 0.2) is 0 Å². The van der Waals surface area contributed by atoms with Gasteiger partial charge in [0.05, 0.1) is 31.2 Å². The van der Waals surface area contributed by atoms with E-state index in [2.05, 4.69) is 0 Å². The van der Waals surface area contributed by atoms with Crippen LogP contribution in [0.1, 0.15) is 11.1 Å². The lowest BCUT2D eigenvalue weighted by atomic mass is 10.2. The van der Waals surface area contributed by atoms with E-state index in [1.165, 1.54) is 0 Å². The first-order valence-electron chi connectivity index (χ1n) is 3.20. The second kappa shape index (κ2) is 4.26. The molecule has 0 aliphatic carbocycles. The number of halogens is 4. The van der Waals surface area contributed by atoms with Crippen LogP contribution in [0.25, 0.3) is 0 Å². The van der Waals surface area contributed by atoms with E-state index in [4.69, 9.17) is 56.9 Å². The Balaban J connectivity index is 3.78. The Morgan fingerprint density at radius 1 is 0.643 bits per heavy atom. The van der Waals surface area contributed by atoms with Gasteiger partial charge in [0.2, 0.25) is 0 Å². The van der Waals surface area contributed by atoms with Gasteiger partial charge in [0.25, 0.3) is 0 Å². The molecule has 1 aromatic rings. The minimum absolute atomic E-state index is 0.0363. The Morgan fingerprint density at radius 2 is 1.00 bits per heavy atom. The molecule has 0 amide bonds. The summed E-state index contributed by atoms with van der Waals surface area (Å²) in [5.74, 6) is 0. The SMILES string of the molecule is [15N]#[13C]c1c(Cl)c(Cl)c(Cl)c([13C]#[15N])c1Cl. The molecular formula is C8Cl4N2. The molecule has 0 spiro atoms. The van der Waals surface area contributed by atoms with Crippen LogP contribution in [0.4, 0.5) is 0 Å². The maximum Gasteiger partial charge on any atom is 0.102 e. The molecule has 14 heavy (non-hydrogen) atoms. The first-order valence-corrected chi connectivity index (χ1v) is 4.72. The fourth-order valence-electron chi connectivity index (χ4n) is 0.830. The molecule has 0 atom stereocenters. The second-order valence-electron chi connectivity index (χ2n) is 2.23. The molecule has 0 aromatic heterocycles. The second-order valence-corrected chi connectivity index (χ2v) is 3.74. The molecule has 0 aliphatic heterocycles. The predicted octanol–water partition coefficient (Wildman–Crippen LogP) is 4.04. The maximum atomic E-state index is 8.70. The number of rotatable bonds is 0. The number of hydrogen-bond acceptors (Lipinski definition) is 2. The molecule has 0 aliphatic rings. The summed E-state index contributed by atoms with van der Waals surface area (Å²) in [5.41, 5.74) is -0.0847. The van der Waals surface area contributed by atoms with Gasteiger partial charge in [-0.1, -0.05) is 46.4 Å². The van der Waals surface area contributed by atoms with E-state index >= 15 is 0 Å². The molecule has 2 nitrogen and oxygen atoms in total. The van der Waals surface area contributed by atoms with Crippen LogP contribution >= 0.6 is 46.4 Å². The third kappa shape index (κ3) is 1.63. The van der Waals surface area contributed by atoms with Crippen molar-refractivity contribution in [1.82, 2.24) is 0 Å². The summed E-state index contributed by atoms with van der Waals surface area (Å²) < 4.78 is 0. The largest absolute Gasteiger partial charge is 0.192 e. The Morgan fingerprint density at radius 3 is 1.29 bits per heavy atom. The van der Waals surface area contributed by atoms with Crippen molar-refractivity contribution in [2.24, 2.45) is 0 Å². The quantitative estimate of drug-likeness (QED) is 0.309. The summed E-state index contributed by atoms with van der Waals surface area (Å²) in [7, 11) is 0. The lowest BCUT2D eigenvalue weighted by Crippen LogP contribution is -1.89. The fourth-order valence-corrected chi connectivity index (χ4v) is 1.90. The van der Waals surface area contributed by atoms with Crippen molar-refractivity contribution in [2.75, 3.05) is 0 Å². The van der Waals surface area contributed by atoms with Crippen LogP contribution in [0.15, 0.2) is 0 Å². The minimum Gasteiger partial charge on any atom is -0.192 e. The summed E-state index contributed by atoms with van der Waals surface area (Å²) in [5, 5.41) is 17.2. The molecule has 0 saturated heterocycles. The monoisotopic (exact) mass is 268 g/mol. The van der Waals surface area contributed by atoms with E-state index in [0.29, 0.717) is 0 Å². The van der Waals surface area contributed by atoms with Gasteiger partial charge in [-0.15, -0.1) is 0 Å². The van der Waals surface area contributed by atoms with Crippen LogP contribution < -0.4 is 0 Å². The van der Waals surface area contributed by atoms with Gasteiger partial charge in [0.1, 0.15) is 12.1 Å². The van der Waals surface area contributed by atoms with Crippen molar-refractivity contribution in [3.05, 3.63) is 31.2 Å². The van der Waals surface area contributed by atoms with Crippen LogP contribution in [-0.2, 0) is 0 Å². The van der Waals surface area contributed by atoms with Gasteiger partial charge in [-0.3, -0.25) is 0 Å². The van der Waals surface area contributed by atoms with Gasteiger partial charge < -0.3 is 0 Å². The highest BCUT2D eigenvalue weighted by atomic mass is 35.5. The van der Waals surface area contributed by atoms with Crippen LogP contribution in [0.5, 0.6) is 0 Å². The molecule has 0 unspecified atom stereocenters. The van der Waals surface area contributed by atoms with E-state index in [9.17, 15) is 0 Å². The molecule has 1 aromatic carbocycles. The third-order valence-electron chi connectivity index (χ3n) is 1.49. The first-order chi connectivity index (χ1) is 6.54. The van der Waals surface area contributed by atoms with E-state index in [-0.39, 0.29) is 31.2 Å². The van der Waals surface area contributed by atoms with Gasteiger partial charge >= 0.3 is 0 Å². The highest BCUT2D eigenvalue weighted by Gasteiger charge is 2.19. The lowest BCUT2D eigenvalue weighted by molar-refractivity contribution is 1.45. The maximum absolute atomic E-state index is 8.70. The minimum atomic E-state index is -0.0746. The van der Waals surface area contributed by atoms with Crippen LogP contribution in [-0.4, -0.2) is 0 Å². The Kier molecular flexibility index (Phi) is 3.48. The number of nitrogens with zero attached hydrogens (tertiary/aromatic N) is 2. The zero-order chi connectivity index (χ0) is 10.9. The fraction of sp³-hybridized carbons (Fsp3) is 0. The molecular weight excluding hydrogens is 270 g/mol. The molecule has 70 valence electrons. The Bertz CT molecular complexity index is 441. The highest BCUT2D eigenvalue weighted by Crippen LogP contribution is 2.40. The summed E-state index contributed by atoms with van der Waals surface area (Å²) in [6.07, 6.45) is 0. The average Bonchev–Trinajstić information content (AvgIpc) is 2.16. The molecule has 0 N–H and O–H groups in total. The summed E-state index contributed by atoms with van der Waals surface area (Å²) >= 11 is 22.8. The van der Waals surface area contributed by atoms with Crippen molar-refractivity contribution >= 4 is 46.4 Å². The first kappa shape index (κ1) is 11.4. The molecule has 0 radical (unpaired) electrons. The third-order valence-corrected chi connectivity index (χ3v) is 3.19. The summed E-state index contributed by atoms with van der Waals surface area (Å²) in [4.78, 5) is 0. The van der Waals surface area contributed by atoms with Crippen LogP contribution in [0.2, 0.25) is 20.1 Å². The molecule has 0 fully saturated rings. The van der Waals surface area contributed by atoms with Crippen LogP contribution in [0, 0.1) is 22.7 Å². The zero-order valence-corrected chi connectivity index (χ0v) is 9.43.